The van der Waals surface area contributed by atoms with Gasteiger partial charge < -0.3 is 0 Å². The first-order valence-electron chi connectivity index (χ1n) is 2.90. The second kappa shape index (κ2) is 6.54. The maximum absolute atomic E-state index is 9.42. The topological polar surface area (TPSA) is 29.1 Å². The van der Waals surface area contributed by atoms with E-state index in [0.29, 0.717) is 6.61 Å². The minimum atomic E-state index is 0.525. The van der Waals surface area contributed by atoms with Gasteiger partial charge in [0.1, 0.15) is 0 Å². The quantitative estimate of drug-likeness (QED) is 0.403. The molecule has 0 aromatic rings. The molecule has 46 valence electrons. The molecule has 2 nitrogen and oxygen atoms in total. The first kappa shape index (κ1) is 7.54. The van der Waals surface area contributed by atoms with Crippen molar-refractivity contribution in [2.75, 3.05) is 6.61 Å². The first-order valence-corrected chi connectivity index (χ1v) is 2.90. The molecule has 0 N–H and O–H groups in total. The fourth-order valence-corrected chi connectivity index (χ4v) is 0.466. The normalized spacial score (nSPS) is 8.00. The van der Waals surface area contributed by atoms with Gasteiger partial charge in [-0.05, 0) is 0 Å². The zero-order valence-corrected chi connectivity index (χ0v) is 5.14. The summed E-state index contributed by atoms with van der Waals surface area (Å²) in [6.07, 6.45) is 4.62. The molecule has 0 bridgehead atoms. The van der Waals surface area contributed by atoms with Crippen molar-refractivity contribution in [1.29, 1.82) is 0 Å². The molecule has 0 aliphatic rings. The Morgan fingerprint density at radius 3 is 2.75 bits per heavy atom. The van der Waals surface area contributed by atoms with Gasteiger partial charge >= 0.3 is 48.5 Å². The van der Waals surface area contributed by atoms with Crippen molar-refractivity contribution in [3.05, 3.63) is 0 Å². The van der Waals surface area contributed by atoms with E-state index in [-0.39, 0.29) is 0 Å². The average molecular weight is 115 g/mol. The summed E-state index contributed by atoms with van der Waals surface area (Å²) in [7, 11) is 0. The Hall–Kier alpha value is -0.460. The number of unbranched alkanes of at least 4 members (excludes halogenated alkanes) is 2. The van der Waals surface area contributed by atoms with Crippen LogP contribution in [0.4, 0.5) is 0 Å². The monoisotopic (exact) mass is 115 g/mol. The molecular formula is C6H11O2+. The van der Waals surface area contributed by atoms with E-state index >= 15 is 0 Å². The van der Waals surface area contributed by atoms with Crippen LogP contribution in [0.15, 0.2) is 0 Å². The van der Waals surface area contributed by atoms with Gasteiger partial charge in [0.2, 0.25) is 0 Å². The third kappa shape index (κ3) is 5.54. The third-order valence-corrected chi connectivity index (χ3v) is 0.909. The second-order valence-electron chi connectivity index (χ2n) is 1.64. The number of ether oxygens (including phenoxy) is 1. The van der Waals surface area contributed by atoms with Gasteiger partial charge in [-0.3, -0.25) is 0 Å². The van der Waals surface area contributed by atoms with E-state index < -0.39 is 0 Å². The van der Waals surface area contributed by atoms with Crippen LogP contribution in [-0.4, -0.2) is 6.61 Å². The molecule has 0 saturated carbocycles. The van der Waals surface area contributed by atoms with Crippen LogP contribution in [0.5, 0.6) is 0 Å². The van der Waals surface area contributed by atoms with E-state index in [1.807, 2.05) is 0 Å². The predicted octanol–water partition coefficient (Wildman–Crippen LogP) is 1.54. The Morgan fingerprint density at radius 1 is 1.50 bits per heavy atom. The molecule has 0 aromatic heterocycles. The van der Waals surface area contributed by atoms with Crippen LogP contribution in [0.25, 0.3) is 0 Å². The van der Waals surface area contributed by atoms with Crippen molar-refractivity contribution in [3.63, 3.8) is 0 Å². The van der Waals surface area contributed by atoms with Crippen LogP contribution in [0.3, 0.4) is 0 Å². The van der Waals surface area contributed by atoms with Gasteiger partial charge in [0.15, 0.2) is 0 Å². The second-order valence-corrected chi connectivity index (χ2v) is 1.64. The van der Waals surface area contributed by atoms with Crippen molar-refractivity contribution < 1.29 is 9.39 Å². The molecule has 0 saturated heterocycles. The fraction of sp³-hybridized carbons (Fsp3) is 0.833. The summed E-state index contributed by atoms with van der Waals surface area (Å²) in [4.78, 5) is 0. The molecule has 0 heterocycles. The van der Waals surface area contributed by atoms with Gasteiger partial charge in [0.05, 0.1) is 0 Å². The van der Waals surface area contributed by atoms with Crippen LogP contribution in [-0.2, 0) is 9.39 Å². The Labute approximate surface area is 49.6 Å². The van der Waals surface area contributed by atoms with E-state index in [1.54, 1.807) is 0 Å². The number of rotatable bonds is 4. The fourth-order valence-electron chi connectivity index (χ4n) is 0.466. The summed E-state index contributed by atoms with van der Waals surface area (Å²) in [5.74, 6) is 0. The van der Waals surface area contributed by atoms with Crippen LogP contribution < -0.4 is 0 Å². The molecule has 0 atom stereocenters. The molecule has 8 heavy (non-hydrogen) atoms. The molecule has 0 unspecified atom stereocenters. The Balaban J connectivity index is 2.65. The van der Waals surface area contributed by atoms with Crippen molar-refractivity contribution in [2.45, 2.75) is 26.2 Å². The van der Waals surface area contributed by atoms with E-state index in [0.717, 1.165) is 19.3 Å². The molecule has 0 rings (SSSR count). The molecular weight excluding hydrogens is 104 g/mol. The minimum absolute atomic E-state index is 0.525. The average Bonchev–Trinajstić information content (AvgIpc) is 1.81. The summed E-state index contributed by atoms with van der Waals surface area (Å²) < 4.78 is 13.8. The Morgan fingerprint density at radius 2 is 2.25 bits per heavy atom. The van der Waals surface area contributed by atoms with Gasteiger partial charge in [0.25, 0.3) is 0 Å². The van der Waals surface area contributed by atoms with E-state index in [2.05, 4.69) is 11.7 Å². The molecule has 0 fully saturated rings. The van der Waals surface area contributed by atoms with E-state index in [4.69, 9.17) is 0 Å². The predicted molar refractivity (Wildman–Crippen MR) is 30.1 cm³/mol. The van der Waals surface area contributed by atoms with Gasteiger partial charge in [-0.2, -0.15) is 0 Å². The molecule has 0 aliphatic carbocycles. The maximum atomic E-state index is 9.42. The van der Waals surface area contributed by atoms with E-state index in [1.165, 1.54) is 6.33 Å². The van der Waals surface area contributed by atoms with Crippen molar-refractivity contribution in [1.82, 2.24) is 0 Å². The number of hydrogen-bond acceptors (Lipinski definition) is 1. The SMILES string of the molecule is CCCCCOC#[O+]. The summed E-state index contributed by atoms with van der Waals surface area (Å²) in [6, 6.07) is 0. The summed E-state index contributed by atoms with van der Waals surface area (Å²) >= 11 is 0. The van der Waals surface area contributed by atoms with Gasteiger partial charge in [0, 0.05) is 0 Å². The molecule has 0 spiro atoms. The summed E-state index contributed by atoms with van der Waals surface area (Å²) in [6.45, 7) is 2.63. The summed E-state index contributed by atoms with van der Waals surface area (Å²) in [5, 5.41) is 0. The number of hydrogen-bond donors (Lipinski definition) is 0. The zero-order chi connectivity index (χ0) is 6.24. The zero-order valence-electron chi connectivity index (χ0n) is 5.14. The molecule has 0 aliphatic heterocycles. The van der Waals surface area contributed by atoms with Gasteiger partial charge in [-0.25, -0.2) is 0 Å². The third-order valence-electron chi connectivity index (χ3n) is 0.909. The van der Waals surface area contributed by atoms with Gasteiger partial charge in [-0.15, -0.1) is 0 Å². The van der Waals surface area contributed by atoms with E-state index in [9.17, 15) is 4.65 Å². The van der Waals surface area contributed by atoms with Gasteiger partial charge in [-0.1, -0.05) is 0 Å². The van der Waals surface area contributed by atoms with Crippen LogP contribution >= 0.6 is 0 Å². The standard InChI is InChI=1S/C6H11O2/c1-2-3-4-5-8-6-7/h2-5H2,1H3/q+1. The molecule has 0 amide bonds. The summed E-state index contributed by atoms with van der Waals surface area (Å²) in [5.41, 5.74) is 0. The van der Waals surface area contributed by atoms with Crippen LogP contribution in [0.2, 0.25) is 0 Å². The molecule has 0 radical (unpaired) electrons. The van der Waals surface area contributed by atoms with Crippen molar-refractivity contribution >= 4 is 0 Å². The first-order chi connectivity index (χ1) is 3.91. The van der Waals surface area contributed by atoms with Crippen molar-refractivity contribution in [3.8, 4) is 6.33 Å². The Kier molecular flexibility index (Phi) is 6.16. The Bertz CT molecular complexity index is 73.1. The van der Waals surface area contributed by atoms with Crippen LogP contribution in [0, 0.1) is 6.33 Å². The van der Waals surface area contributed by atoms with Crippen molar-refractivity contribution in [2.24, 2.45) is 0 Å². The molecule has 2 heteroatoms. The van der Waals surface area contributed by atoms with Crippen LogP contribution in [0.1, 0.15) is 26.2 Å². The molecule has 0 aromatic carbocycles.